The Balaban J connectivity index is 2.01. The van der Waals surface area contributed by atoms with E-state index in [0.29, 0.717) is 0 Å². The summed E-state index contributed by atoms with van der Waals surface area (Å²) in [7, 11) is 0. The summed E-state index contributed by atoms with van der Waals surface area (Å²) in [4.78, 5) is 0. The van der Waals surface area contributed by atoms with E-state index in [0.717, 1.165) is 34.4 Å². The standard InChI is InChI=1S/C12H15Cl2N/c13-11-2-1-3-12(14)10(11)7-9(15)6-8-4-5-8/h1-3,8-9H,4-7,15H2. The van der Waals surface area contributed by atoms with Gasteiger partial charge in [0, 0.05) is 16.1 Å². The van der Waals surface area contributed by atoms with Crippen LogP contribution in [0.5, 0.6) is 0 Å². The van der Waals surface area contributed by atoms with Gasteiger partial charge in [0.2, 0.25) is 0 Å². The van der Waals surface area contributed by atoms with Gasteiger partial charge in [-0.05, 0) is 36.5 Å². The molecule has 3 heteroatoms. The van der Waals surface area contributed by atoms with E-state index in [9.17, 15) is 0 Å². The van der Waals surface area contributed by atoms with Crippen molar-refractivity contribution in [3.8, 4) is 0 Å². The second-order valence-electron chi connectivity index (χ2n) is 4.34. The lowest BCUT2D eigenvalue weighted by Crippen LogP contribution is -2.23. The highest BCUT2D eigenvalue weighted by Crippen LogP contribution is 2.34. The van der Waals surface area contributed by atoms with Crippen LogP contribution >= 0.6 is 23.2 Å². The molecule has 1 unspecified atom stereocenters. The van der Waals surface area contributed by atoms with Crippen molar-refractivity contribution in [1.82, 2.24) is 0 Å². The van der Waals surface area contributed by atoms with Crippen molar-refractivity contribution < 1.29 is 0 Å². The molecule has 2 N–H and O–H groups in total. The fraction of sp³-hybridized carbons (Fsp3) is 0.500. The molecular formula is C12H15Cl2N. The van der Waals surface area contributed by atoms with Gasteiger partial charge in [0.05, 0.1) is 0 Å². The Kier molecular flexibility index (Phi) is 3.55. The molecule has 0 spiro atoms. The highest BCUT2D eigenvalue weighted by molar-refractivity contribution is 6.35. The van der Waals surface area contributed by atoms with Crippen LogP contribution < -0.4 is 5.73 Å². The predicted octanol–water partition coefficient (Wildman–Crippen LogP) is 3.66. The normalized spacial score (nSPS) is 17.8. The monoisotopic (exact) mass is 243 g/mol. The number of hydrogen-bond donors (Lipinski definition) is 1. The van der Waals surface area contributed by atoms with E-state index in [-0.39, 0.29) is 6.04 Å². The molecule has 0 aliphatic heterocycles. The molecule has 2 rings (SSSR count). The maximum Gasteiger partial charge on any atom is 0.0453 e. The van der Waals surface area contributed by atoms with Gasteiger partial charge in [-0.25, -0.2) is 0 Å². The molecule has 1 atom stereocenters. The number of rotatable bonds is 4. The summed E-state index contributed by atoms with van der Waals surface area (Å²) < 4.78 is 0. The van der Waals surface area contributed by atoms with Gasteiger partial charge in [0.15, 0.2) is 0 Å². The molecule has 0 heterocycles. The van der Waals surface area contributed by atoms with Gasteiger partial charge in [0.1, 0.15) is 0 Å². The van der Waals surface area contributed by atoms with Gasteiger partial charge in [-0.2, -0.15) is 0 Å². The molecule has 1 aliphatic carbocycles. The van der Waals surface area contributed by atoms with Crippen LogP contribution in [0.3, 0.4) is 0 Å². The highest BCUT2D eigenvalue weighted by Gasteiger charge is 2.24. The Bertz CT molecular complexity index is 327. The van der Waals surface area contributed by atoms with Crippen molar-refractivity contribution in [2.24, 2.45) is 11.7 Å². The third-order valence-electron chi connectivity index (χ3n) is 2.86. The molecule has 1 fully saturated rings. The van der Waals surface area contributed by atoms with Crippen LogP contribution in [-0.2, 0) is 6.42 Å². The van der Waals surface area contributed by atoms with Gasteiger partial charge >= 0.3 is 0 Å². The molecule has 0 bridgehead atoms. The average Bonchev–Trinajstić information content (AvgIpc) is 2.95. The molecule has 15 heavy (non-hydrogen) atoms. The van der Waals surface area contributed by atoms with Crippen LogP contribution in [0, 0.1) is 5.92 Å². The molecule has 82 valence electrons. The van der Waals surface area contributed by atoms with E-state index in [1.54, 1.807) is 0 Å². The summed E-state index contributed by atoms with van der Waals surface area (Å²) in [6.07, 6.45) is 4.56. The van der Waals surface area contributed by atoms with Crippen LogP contribution in [0.15, 0.2) is 18.2 Å². The first-order valence-corrected chi connectivity index (χ1v) is 6.11. The van der Waals surface area contributed by atoms with Crippen LogP contribution in [0.2, 0.25) is 10.0 Å². The molecule has 1 nitrogen and oxygen atoms in total. The molecule has 1 aromatic rings. The molecule has 0 amide bonds. The zero-order valence-electron chi connectivity index (χ0n) is 8.55. The van der Waals surface area contributed by atoms with Crippen molar-refractivity contribution in [1.29, 1.82) is 0 Å². The number of benzene rings is 1. The summed E-state index contributed by atoms with van der Waals surface area (Å²) in [6, 6.07) is 5.79. The van der Waals surface area contributed by atoms with E-state index < -0.39 is 0 Å². The third-order valence-corrected chi connectivity index (χ3v) is 3.57. The van der Waals surface area contributed by atoms with Crippen molar-refractivity contribution >= 4 is 23.2 Å². The van der Waals surface area contributed by atoms with Gasteiger partial charge in [-0.1, -0.05) is 42.1 Å². The van der Waals surface area contributed by atoms with E-state index in [2.05, 4.69) is 0 Å². The minimum atomic E-state index is 0.190. The van der Waals surface area contributed by atoms with Crippen LogP contribution in [-0.4, -0.2) is 6.04 Å². The summed E-state index contributed by atoms with van der Waals surface area (Å²) >= 11 is 12.2. The zero-order chi connectivity index (χ0) is 10.8. The Labute approximate surface area is 101 Å². The van der Waals surface area contributed by atoms with Crippen LogP contribution in [0.1, 0.15) is 24.8 Å². The predicted molar refractivity (Wildman–Crippen MR) is 65.5 cm³/mol. The first-order chi connectivity index (χ1) is 7.16. The van der Waals surface area contributed by atoms with Gasteiger partial charge in [0.25, 0.3) is 0 Å². The van der Waals surface area contributed by atoms with Crippen molar-refractivity contribution in [2.75, 3.05) is 0 Å². The molecule has 1 aliphatic rings. The van der Waals surface area contributed by atoms with E-state index in [4.69, 9.17) is 28.9 Å². The zero-order valence-corrected chi connectivity index (χ0v) is 10.1. The quantitative estimate of drug-likeness (QED) is 0.859. The lowest BCUT2D eigenvalue weighted by atomic mass is 10.0. The van der Waals surface area contributed by atoms with Crippen molar-refractivity contribution in [3.05, 3.63) is 33.8 Å². The number of hydrogen-bond acceptors (Lipinski definition) is 1. The van der Waals surface area contributed by atoms with Gasteiger partial charge in [-0.3, -0.25) is 0 Å². The topological polar surface area (TPSA) is 26.0 Å². The first-order valence-electron chi connectivity index (χ1n) is 5.35. The second kappa shape index (κ2) is 4.73. The van der Waals surface area contributed by atoms with Gasteiger partial charge < -0.3 is 5.73 Å². The second-order valence-corrected chi connectivity index (χ2v) is 5.16. The minimum Gasteiger partial charge on any atom is -0.327 e. The van der Waals surface area contributed by atoms with Crippen molar-refractivity contribution in [3.63, 3.8) is 0 Å². The maximum atomic E-state index is 6.09. The highest BCUT2D eigenvalue weighted by atomic mass is 35.5. The largest absolute Gasteiger partial charge is 0.327 e. The Hall–Kier alpha value is -0.240. The SMILES string of the molecule is NC(Cc1c(Cl)cccc1Cl)CC1CC1. The summed E-state index contributed by atoms with van der Waals surface area (Å²) in [5.74, 6) is 0.848. The van der Waals surface area contributed by atoms with Crippen LogP contribution in [0.4, 0.5) is 0 Å². The smallest absolute Gasteiger partial charge is 0.0453 e. The number of nitrogens with two attached hydrogens (primary N) is 1. The number of halogens is 2. The first kappa shape index (κ1) is 11.3. The van der Waals surface area contributed by atoms with E-state index >= 15 is 0 Å². The van der Waals surface area contributed by atoms with Crippen LogP contribution in [0.25, 0.3) is 0 Å². The van der Waals surface area contributed by atoms with Gasteiger partial charge in [-0.15, -0.1) is 0 Å². The maximum absolute atomic E-state index is 6.09. The lowest BCUT2D eigenvalue weighted by molar-refractivity contribution is 0.567. The summed E-state index contributed by atoms with van der Waals surface area (Å²) in [6.45, 7) is 0. The fourth-order valence-corrected chi connectivity index (χ4v) is 2.41. The molecule has 1 aromatic carbocycles. The summed E-state index contributed by atoms with van der Waals surface area (Å²) in [5.41, 5.74) is 7.06. The minimum absolute atomic E-state index is 0.190. The Morgan fingerprint density at radius 1 is 1.27 bits per heavy atom. The average molecular weight is 244 g/mol. The Morgan fingerprint density at radius 3 is 2.40 bits per heavy atom. The molecule has 1 saturated carbocycles. The fourth-order valence-electron chi connectivity index (χ4n) is 1.85. The molecule has 0 saturated heterocycles. The molecule has 0 radical (unpaired) electrons. The third kappa shape index (κ3) is 3.10. The van der Waals surface area contributed by atoms with Crippen molar-refractivity contribution in [2.45, 2.75) is 31.7 Å². The summed E-state index contributed by atoms with van der Waals surface area (Å²) in [5, 5.41) is 1.46. The van der Waals surface area contributed by atoms with E-state index in [1.807, 2.05) is 18.2 Å². The van der Waals surface area contributed by atoms with E-state index in [1.165, 1.54) is 12.8 Å². The molecule has 0 aromatic heterocycles. The molecular weight excluding hydrogens is 229 g/mol. The lowest BCUT2D eigenvalue weighted by Gasteiger charge is -2.13. The Morgan fingerprint density at radius 2 is 1.87 bits per heavy atom.